The zero-order chi connectivity index (χ0) is 22.9. The molecule has 0 fully saturated rings. The summed E-state index contributed by atoms with van der Waals surface area (Å²) in [6, 6.07) is 16.7. The number of benzene rings is 2. The molecule has 0 spiro atoms. The van der Waals surface area contributed by atoms with E-state index in [1.165, 1.54) is 31.2 Å². The molecule has 3 rings (SSSR count). The van der Waals surface area contributed by atoms with Crippen LogP contribution in [0.5, 0.6) is 0 Å². The van der Waals surface area contributed by atoms with E-state index in [9.17, 15) is 4.79 Å². The summed E-state index contributed by atoms with van der Waals surface area (Å²) >= 11 is 12.3. The number of nitrogens with zero attached hydrogens (tertiary/aromatic N) is 1. The Morgan fingerprint density at radius 2 is 1.62 bits per heavy atom. The Morgan fingerprint density at radius 1 is 0.938 bits per heavy atom. The first-order valence-corrected chi connectivity index (χ1v) is 11.9. The van der Waals surface area contributed by atoms with E-state index < -0.39 is 0 Å². The van der Waals surface area contributed by atoms with Crippen molar-refractivity contribution in [1.29, 1.82) is 0 Å². The van der Waals surface area contributed by atoms with E-state index in [1.807, 2.05) is 12.1 Å². The van der Waals surface area contributed by atoms with Crippen LogP contribution >= 0.6 is 23.2 Å². The normalized spacial score (nSPS) is 11.2. The Labute approximate surface area is 200 Å². The third kappa shape index (κ3) is 6.61. The number of amides is 1. The molecule has 32 heavy (non-hydrogen) atoms. The summed E-state index contributed by atoms with van der Waals surface area (Å²) in [6.45, 7) is 7.61. The second kappa shape index (κ2) is 12.1. The summed E-state index contributed by atoms with van der Waals surface area (Å²) < 4.78 is 5.73. The van der Waals surface area contributed by atoms with Gasteiger partial charge in [0.25, 0.3) is 5.91 Å². The highest BCUT2D eigenvalue weighted by atomic mass is 35.5. The molecule has 3 aromatic rings. The van der Waals surface area contributed by atoms with Gasteiger partial charge in [-0.25, -0.2) is 0 Å². The lowest BCUT2D eigenvalue weighted by Gasteiger charge is -2.22. The van der Waals surface area contributed by atoms with Crippen LogP contribution in [0.1, 0.15) is 55.6 Å². The lowest BCUT2D eigenvalue weighted by atomic mass is 10.1. The number of halogens is 2. The van der Waals surface area contributed by atoms with Gasteiger partial charge in [-0.05, 0) is 67.9 Å². The van der Waals surface area contributed by atoms with Gasteiger partial charge in [0.2, 0.25) is 0 Å². The fourth-order valence-electron chi connectivity index (χ4n) is 3.48. The number of carbonyl (C=O) groups is 1. The molecule has 0 aliphatic carbocycles. The van der Waals surface area contributed by atoms with Crippen molar-refractivity contribution in [3.8, 4) is 11.3 Å². The topological polar surface area (TPSA) is 45.5 Å². The molecule has 2 aromatic carbocycles. The maximum Gasteiger partial charge on any atom is 0.291 e. The lowest BCUT2D eigenvalue weighted by molar-refractivity contribution is 0.0997. The first-order chi connectivity index (χ1) is 15.5. The monoisotopic (exact) mass is 472 g/mol. The molecular weight excluding hydrogens is 443 g/mol. The molecule has 0 saturated heterocycles. The number of rotatable bonds is 11. The molecule has 0 unspecified atom stereocenters. The van der Waals surface area contributed by atoms with E-state index in [0.29, 0.717) is 21.4 Å². The van der Waals surface area contributed by atoms with Gasteiger partial charge >= 0.3 is 0 Å². The van der Waals surface area contributed by atoms with E-state index in [4.69, 9.17) is 27.6 Å². The van der Waals surface area contributed by atoms with Gasteiger partial charge in [-0.1, -0.05) is 68.1 Å². The molecule has 0 bridgehead atoms. The highest BCUT2D eigenvalue weighted by molar-refractivity contribution is 6.43. The van der Waals surface area contributed by atoms with Crippen molar-refractivity contribution in [2.24, 2.45) is 0 Å². The number of nitrogens with one attached hydrogen (secondary N) is 1. The molecule has 0 radical (unpaired) electrons. The van der Waals surface area contributed by atoms with E-state index in [2.05, 4.69) is 36.2 Å². The van der Waals surface area contributed by atoms with Crippen LogP contribution in [0.3, 0.4) is 0 Å². The predicted molar refractivity (Wildman–Crippen MR) is 134 cm³/mol. The summed E-state index contributed by atoms with van der Waals surface area (Å²) in [5, 5.41) is 3.73. The SMILES string of the molecule is CCCCN(CCCC)Cc1ccc(NC(=O)c2ccc(-c3cccc(Cl)c3Cl)o2)cc1. The molecule has 0 aliphatic rings. The van der Waals surface area contributed by atoms with Crippen molar-refractivity contribution in [1.82, 2.24) is 4.90 Å². The number of hydrogen-bond acceptors (Lipinski definition) is 3. The van der Waals surface area contributed by atoms with Gasteiger partial charge in [-0.3, -0.25) is 9.69 Å². The van der Waals surface area contributed by atoms with E-state index in [0.717, 1.165) is 25.3 Å². The van der Waals surface area contributed by atoms with Crippen molar-refractivity contribution >= 4 is 34.8 Å². The van der Waals surface area contributed by atoms with Crippen LogP contribution in [-0.4, -0.2) is 23.9 Å². The van der Waals surface area contributed by atoms with Crippen LogP contribution in [0.25, 0.3) is 11.3 Å². The Morgan fingerprint density at radius 3 is 2.28 bits per heavy atom. The van der Waals surface area contributed by atoms with Crippen LogP contribution in [0.2, 0.25) is 10.0 Å². The highest BCUT2D eigenvalue weighted by Gasteiger charge is 2.15. The molecule has 0 saturated carbocycles. The third-order valence-electron chi connectivity index (χ3n) is 5.32. The Balaban J connectivity index is 1.62. The number of furan rings is 1. The molecule has 4 nitrogen and oxygen atoms in total. The summed E-state index contributed by atoms with van der Waals surface area (Å²) in [7, 11) is 0. The van der Waals surface area contributed by atoms with Crippen LogP contribution in [0.15, 0.2) is 59.0 Å². The average molecular weight is 473 g/mol. The van der Waals surface area contributed by atoms with Crippen LogP contribution in [0, 0.1) is 0 Å². The Kier molecular flexibility index (Phi) is 9.22. The summed E-state index contributed by atoms with van der Waals surface area (Å²) in [4.78, 5) is 15.1. The maximum atomic E-state index is 12.6. The minimum Gasteiger partial charge on any atom is -0.451 e. The molecule has 1 amide bonds. The van der Waals surface area contributed by atoms with Crippen molar-refractivity contribution < 1.29 is 9.21 Å². The fourth-order valence-corrected chi connectivity index (χ4v) is 3.87. The fraction of sp³-hybridized carbons (Fsp3) is 0.346. The maximum absolute atomic E-state index is 12.6. The molecule has 1 N–H and O–H groups in total. The van der Waals surface area contributed by atoms with Gasteiger partial charge in [0.1, 0.15) is 5.76 Å². The molecular formula is C26H30Cl2N2O2. The third-order valence-corrected chi connectivity index (χ3v) is 6.14. The van der Waals surface area contributed by atoms with Crippen LogP contribution in [-0.2, 0) is 6.54 Å². The minimum atomic E-state index is -0.310. The second-order valence-corrected chi connectivity index (χ2v) is 8.68. The van der Waals surface area contributed by atoms with Gasteiger partial charge in [0, 0.05) is 17.8 Å². The lowest BCUT2D eigenvalue weighted by Crippen LogP contribution is -2.25. The van der Waals surface area contributed by atoms with Gasteiger partial charge in [-0.15, -0.1) is 0 Å². The predicted octanol–water partition coefficient (Wildman–Crippen LogP) is 7.91. The first-order valence-electron chi connectivity index (χ1n) is 11.2. The van der Waals surface area contributed by atoms with Gasteiger partial charge in [0.15, 0.2) is 5.76 Å². The molecule has 0 atom stereocenters. The van der Waals surface area contributed by atoms with Crippen LogP contribution in [0.4, 0.5) is 5.69 Å². The van der Waals surface area contributed by atoms with Gasteiger partial charge < -0.3 is 9.73 Å². The van der Waals surface area contributed by atoms with Crippen molar-refractivity contribution in [3.63, 3.8) is 0 Å². The van der Waals surface area contributed by atoms with E-state index in [-0.39, 0.29) is 11.7 Å². The van der Waals surface area contributed by atoms with Gasteiger partial charge in [-0.2, -0.15) is 0 Å². The average Bonchev–Trinajstić information content (AvgIpc) is 3.29. The van der Waals surface area contributed by atoms with Crippen molar-refractivity contribution in [2.45, 2.75) is 46.1 Å². The quantitative estimate of drug-likeness (QED) is 0.308. The summed E-state index contributed by atoms with van der Waals surface area (Å²) in [5.41, 5.74) is 2.62. The molecule has 0 aliphatic heterocycles. The number of carbonyl (C=O) groups excluding carboxylic acids is 1. The van der Waals surface area contributed by atoms with Crippen molar-refractivity contribution in [2.75, 3.05) is 18.4 Å². The minimum absolute atomic E-state index is 0.213. The number of unbranched alkanes of at least 4 members (excludes halogenated alkanes) is 2. The smallest absolute Gasteiger partial charge is 0.291 e. The number of anilines is 1. The largest absolute Gasteiger partial charge is 0.451 e. The summed E-state index contributed by atoms with van der Waals surface area (Å²) in [5.74, 6) is 0.400. The zero-order valence-electron chi connectivity index (χ0n) is 18.7. The summed E-state index contributed by atoms with van der Waals surface area (Å²) in [6.07, 6.45) is 4.82. The second-order valence-electron chi connectivity index (χ2n) is 7.90. The zero-order valence-corrected chi connectivity index (χ0v) is 20.2. The van der Waals surface area contributed by atoms with Crippen molar-refractivity contribution in [3.05, 3.63) is 76.0 Å². The highest BCUT2D eigenvalue weighted by Crippen LogP contribution is 2.34. The molecule has 6 heteroatoms. The van der Waals surface area contributed by atoms with Gasteiger partial charge in [0.05, 0.1) is 10.0 Å². The first kappa shape index (κ1) is 24.4. The Bertz CT molecular complexity index is 1010. The number of hydrogen-bond donors (Lipinski definition) is 1. The Hall–Kier alpha value is -2.27. The van der Waals surface area contributed by atoms with E-state index in [1.54, 1.807) is 30.3 Å². The van der Waals surface area contributed by atoms with Crippen LogP contribution < -0.4 is 5.32 Å². The molecule has 1 heterocycles. The standard InChI is InChI=1S/C26H30Cl2N2O2/c1-3-5-16-30(17-6-4-2)18-19-10-12-20(13-11-19)29-26(31)24-15-14-23(32-24)21-8-7-9-22(27)25(21)28/h7-15H,3-6,16-18H2,1-2H3,(H,29,31). The van der Waals surface area contributed by atoms with E-state index >= 15 is 0 Å². The molecule has 1 aromatic heterocycles. The molecule has 170 valence electrons.